The van der Waals surface area contributed by atoms with Crippen molar-refractivity contribution in [2.24, 2.45) is 0 Å². The van der Waals surface area contributed by atoms with Crippen LogP contribution in [0.1, 0.15) is 6.92 Å². The Morgan fingerprint density at radius 1 is 1.45 bits per heavy atom. The Labute approximate surface area is 121 Å². The molecule has 1 aromatic carbocycles. The maximum Gasteiger partial charge on any atom is 0.245 e. The molecule has 0 bridgehead atoms. The first-order valence-electron chi connectivity index (χ1n) is 6.49. The Balaban J connectivity index is 1.86. The summed E-state index contributed by atoms with van der Waals surface area (Å²) in [4.78, 5) is 6.56. The van der Waals surface area contributed by atoms with Crippen LogP contribution in [-0.4, -0.2) is 40.9 Å². The van der Waals surface area contributed by atoms with Gasteiger partial charge in [-0.05, 0) is 25.1 Å². The summed E-state index contributed by atoms with van der Waals surface area (Å²) in [5.74, 6) is 0.833. The highest BCUT2D eigenvalue weighted by Gasteiger charge is 2.20. The monoisotopic (exact) mass is 295 g/mol. The van der Waals surface area contributed by atoms with Crippen molar-refractivity contribution in [3.63, 3.8) is 0 Å². The number of halogens is 2. The largest absolute Gasteiger partial charge is 0.337 e. The molecule has 7 heteroatoms. The van der Waals surface area contributed by atoms with Gasteiger partial charge in [0.15, 0.2) is 5.82 Å². The van der Waals surface area contributed by atoms with Crippen LogP contribution in [0.15, 0.2) is 18.2 Å². The molecule has 0 aliphatic carbocycles. The van der Waals surface area contributed by atoms with Gasteiger partial charge in [0.1, 0.15) is 5.82 Å². The molecule has 106 valence electrons. The van der Waals surface area contributed by atoms with Crippen molar-refractivity contribution < 1.29 is 4.39 Å². The maximum absolute atomic E-state index is 13.1. The number of H-pyrrole nitrogens is 1. The number of hydrogen-bond acceptors (Lipinski definition) is 4. The van der Waals surface area contributed by atoms with Crippen LogP contribution in [0, 0.1) is 5.82 Å². The van der Waals surface area contributed by atoms with E-state index in [1.807, 2.05) is 0 Å². The van der Waals surface area contributed by atoms with Crippen LogP contribution in [-0.2, 0) is 0 Å². The third kappa shape index (κ3) is 2.62. The zero-order valence-electron chi connectivity index (χ0n) is 11.0. The topological polar surface area (TPSA) is 56.8 Å². The van der Waals surface area contributed by atoms with E-state index in [4.69, 9.17) is 11.6 Å². The lowest BCUT2D eigenvalue weighted by molar-refractivity contribution is 0.480. The quantitative estimate of drug-likeness (QED) is 0.890. The van der Waals surface area contributed by atoms with Crippen molar-refractivity contribution in [1.29, 1.82) is 0 Å². The molecule has 2 heterocycles. The zero-order valence-corrected chi connectivity index (χ0v) is 11.8. The Morgan fingerprint density at radius 2 is 2.30 bits per heavy atom. The van der Waals surface area contributed by atoms with Crippen LogP contribution >= 0.6 is 11.6 Å². The number of benzene rings is 1. The molecule has 0 amide bonds. The van der Waals surface area contributed by atoms with Gasteiger partial charge in [0.05, 0.1) is 5.02 Å². The van der Waals surface area contributed by atoms with E-state index in [1.54, 1.807) is 6.07 Å². The first-order chi connectivity index (χ1) is 9.63. The van der Waals surface area contributed by atoms with Crippen molar-refractivity contribution >= 4 is 17.5 Å². The Hall–Kier alpha value is -1.66. The maximum atomic E-state index is 13.1. The lowest BCUT2D eigenvalue weighted by Crippen LogP contribution is -2.49. The van der Waals surface area contributed by atoms with Gasteiger partial charge in [0, 0.05) is 31.2 Å². The number of rotatable bonds is 2. The number of anilines is 1. The summed E-state index contributed by atoms with van der Waals surface area (Å²) in [6.45, 7) is 4.74. The first kappa shape index (κ1) is 13.3. The summed E-state index contributed by atoms with van der Waals surface area (Å²) in [7, 11) is 0. The summed E-state index contributed by atoms with van der Waals surface area (Å²) in [5.41, 5.74) is 0.648. The molecule has 0 spiro atoms. The van der Waals surface area contributed by atoms with Crippen LogP contribution in [0.2, 0.25) is 5.02 Å². The molecule has 0 saturated carbocycles. The number of nitrogens with one attached hydrogen (secondary N) is 2. The van der Waals surface area contributed by atoms with E-state index in [-0.39, 0.29) is 5.82 Å². The second-order valence-corrected chi connectivity index (χ2v) is 5.32. The van der Waals surface area contributed by atoms with Gasteiger partial charge in [-0.25, -0.2) is 4.39 Å². The standard InChI is InChI=1S/C13H15ClFN5/c1-8-7-20(5-4-16-8)13-17-12(18-19-13)10-3-2-9(15)6-11(10)14/h2-3,6,8,16H,4-5,7H2,1H3,(H,17,18,19)/t8-/m1/s1. The van der Waals surface area contributed by atoms with Crippen LogP contribution in [0.25, 0.3) is 11.4 Å². The fourth-order valence-corrected chi connectivity index (χ4v) is 2.57. The fraction of sp³-hybridized carbons (Fsp3) is 0.385. The molecule has 0 radical (unpaired) electrons. The summed E-state index contributed by atoms with van der Waals surface area (Å²) in [5, 5.41) is 10.8. The third-order valence-corrected chi connectivity index (χ3v) is 3.62. The van der Waals surface area contributed by atoms with E-state index in [2.05, 4.69) is 32.3 Å². The fourth-order valence-electron chi connectivity index (χ4n) is 2.31. The molecule has 1 aliphatic rings. The van der Waals surface area contributed by atoms with Gasteiger partial charge in [0.25, 0.3) is 0 Å². The van der Waals surface area contributed by atoms with Crippen LogP contribution < -0.4 is 10.2 Å². The van der Waals surface area contributed by atoms with Gasteiger partial charge in [-0.15, -0.1) is 5.10 Å². The number of piperazine rings is 1. The number of aromatic amines is 1. The van der Waals surface area contributed by atoms with Crippen molar-refractivity contribution in [2.75, 3.05) is 24.5 Å². The minimum Gasteiger partial charge on any atom is -0.337 e. The highest BCUT2D eigenvalue weighted by Crippen LogP contribution is 2.26. The molecule has 1 atom stereocenters. The molecule has 1 saturated heterocycles. The molecule has 3 rings (SSSR count). The molecule has 2 aromatic rings. The summed E-state index contributed by atoms with van der Waals surface area (Å²) >= 11 is 6.03. The van der Waals surface area contributed by atoms with E-state index < -0.39 is 0 Å². The minimum atomic E-state index is -0.366. The second kappa shape index (κ2) is 5.38. The predicted molar refractivity (Wildman–Crippen MR) is 76.5 cm³/mol. The van der Waals surface area contributed by atoms with E-state index in [1.165, 1.54) is 12.1 Å². The van der Waals surface area contributed by atoms with Gasteiger partial charge in [-0.2, -0.15) is 4.98 Å². The van der Waals surface area contributed by atoms with E-state index in [0.29, 0.717) is 28.4 Å². The zero-order chi connectivity index (χ0) is 14.1. The van der Waals surface area contributed by atoms with Crippen molar-refractivity contribution in [3.05, 3.63) is 29.0 Å². The van der Waals surface area contributed by atoms with E-state index in [0.717, 1.165) is 19.6 Å². The number of aromatic nitrogens is 3. The normalized spacial score (nSPS) is 19.4. The minimum absolute atomic E-state index is 0.321. The van der Waals surface area contributed by atoms with Crippen molar-refractivity contribution in [2.45, 2.75) is 13.0 Å². The lowest BCUT2D eigenvalue weighted by Gasteiger charge is -2.30. The molecular weight excluding hydrogens is 281 g/mol. The highest BCUT2D eigenvalue weighted by atomic mass is 35.5. The summed E-state index contributed by atoms with van der Waals surface area (Å²) in [6.07, 6.45) is 0. The van der Waals surface area contributed by atoms with Gasteiger partial charge in [0.2, 0.25) is 5.95 Å². The molecule has 2 N–H and O–H groups in total. The smallest absolute Gasteiger partial charge is 0.245 e. The Bertz CT molecular complexity index is 615. The van der Waals surface area contributed by atoms with E-state index in [9.17, 15) is 4.39 Å². The van der Waals surface area contributed by atoms with Gasteiger partial charge in [-0.1, -0.05) is 11.6 Å². The average Bonchev–Trinajstić information content (AvgIpc) is 2.88. The van der Waals surface area contributed by atoms with Gasteiger partial charge >= 0.3 is 0 Å². The predicted octanol–water partition coefficient (Wildman–Crippen LogP) is 2.06. The number of hydrogen-bond donors (Lipinski definition) is 2. The SMILES string of the molecule is C[C@@H]1CN(c2n[nH]c(-c3ccc(F)cc3Cl)n2)CCN1. The summed E-state index contributed by atoms with van der Waals surface area (Å²) in [6, 6.07) is 4.63. The van der Waals surface area contributed by atoms with Crippen LogP contribution in [0.3, 0.4) is 0 Å². The lowest BCUT2D eigenvalue weighted by atomic mass is 10.2. The summed E-state index contributed by atoms with van der Waals surface area (Å²) < 4.78 is 13.1. The Kier molecular flexibility index (Phi) is 3.58. The van der Waals surface area contributed by atoms with Crippen LogP contribution in [0.5, 0.6) is 0 Å². The molecule has 1 aliphatic heterocycles. The molecule has 5 nitrogen and oxygen atoms in total. The number of nitrogens with zero attached hydrogens (tertiary/aromatic N) is 3. The van der Waals surface area contributed by atoms with Crippen LogP contribution in [0.4, 0.5) is 10.3 Å². The molecule has 20 heavy (non-hydrogen) atoms. The van der Waals surface area contributed by atoms with Gasteiger partial charge in [-0.3, -0.25) is 5.10 Å². The van der Waals surface area contributed by atoms with Crippen molar-refractivity contribution in [1.82, 2.24) is 20.5 Å². The molecule has 1 fully saturated rings. The molecular formula is C13H15ClFN5. The average molecular weight is 296 g/mol. The highest BCUT2D eigenvalue weighted by molar-refractivity contribution is 6.33. The van der Waals surface area contributed by atoms with Gasteiger partial charge < -0.3 is 10.2 Å². The second-order valence-electron chi connectivity index (χ2n) is 4.91. The molecule has 0 unspecified atom stereocenters. The van der Waals surface area contributed by atoms with E-state index >= 15 is 0 Å². The van der Waals surface area contributed by atoms with Crippen molar-refractivity contribution in [3.8, 4) is 11.4 Å². The Morgan fingerprint density at radius 3 is 3.05 bits per heavy atom. The first-order valence-corrected chi connectivity index (χ1v) is 6.87. The molecule has 1 aromatic heterocycles. The third-order valence-electron chi connectivity index (χ3n) is 3.31.